The van der Waals surface area contributed by atoms with E-state index in [4.69, 9.17) is 23.2 Å². The summed E-state index contributed by atoms with van der Waals surface area (Å²) in [7, 11) is -2.63. The van der Waals surface area contributed by atoms with E-state index in [1.54, 1.807) is 55.5 Å². The molecule has 0 heterocycles. The normalized spacial score (nSPS) is 12.0. The van der Waals surface area contributed by atoms with Gasteiger partial charge in [0.05, 0.1) is 10.6 Å². The van der Waals surface area contributed by atoms with Crippen LogP contribution in [0.1, 0.15) is 25.0 Å². The van der Waals surface area contributed by atoms with Crippen LogP contribution in [0.15, 0.2) is 77.7 Å². The van der Waals surface area contributed by atoms with Crippen LogP contribution < -0.4 is 9.62 Å². The van der Waals surface area contributed by atoms with Gasteiger partial charge in [-0.1, -0.05) is 66.5 Å². The summed E-state index contributed by atoms with van der Waals surface area (Å²) >= 11 is 12.4. The smallest absolute Gasteiger partial charge is 0.264 e. The van der Waals surface area contributed by atoms with Crippen LogP contribution in [0.5, 0.6) is 0 Å². The van der Waals surface area contributed by atoms with Crippen molar-refractivity contribution in [1.82, 2.24) is 10.2 Å². The first-order chi connectivity index (χ1) is 17.6. The molecule has 0 saturated carbocycles. The van der Waals surface area contributed by atoms with Crippen molar-refractivity contribution in [3.8, 4) is 0 Å². The van der Waals surface area contributed by atoms with Crippen molar-refractivity contribution in [2.24, 2.45) is 0 Å². The fraction of sp³-hybridized carbons (Fsp3) is 0.259. The van der Waals surface area contributed by atoms with E-state index in [2.05, 4.69) is 5.32 Å². The number of nitrogens with one attached hydrogen (secondary N) is 1. The van der Waals surface area contributed by atoms with Gasteiger partial charge in [-0.25, -0.2) is 8.42 Å². The minimum absolute atomic E-state index is 0.0164. The first kappa shape index (κ1) is 28.5. The van der Waals surface area contributed by atoms with Gasteiger partial charge in [-0.05, 0) is 60.9 Å². The number of likely N-dealkylation sites (N-methyl/N-ethyl adjacent to an activating group) is 1. The maximum atomic E-state index is 13.7. The summed E-state index contributed by atoms with van der Waals surface area (Å²) in [6, 6.07) is 18.9. The third-order valence-electron chi connectivity index (χ3n) is 6.01. The number of hydrogen-bond acceptors (Lipinski definition) is 4. The molecular formula is C27H29Cl2N3O4S. The Kier molecular flexibility index (Phi) is 9.59. The van der Waals surface area contributed by atoms with Gasteiger partial charge in [0.25, 0.3) is 10.0 Å². The van der Waals surface area contributed by atoms with Crippen LogP contribution in [0.2, 0.25) is 10.0 Å². The lowest BCUT2D eigenvalue weighted by atomic mass is 10.1. The van der Waals surface area contributed by atoms with E-state index in [1.165, 1.54) is 24.1 Å². The predicted octanol–water partition coefficient (Wildman–Crippen LogP) is 4.91. The second-order valence-electron chi connectivity index (χ2n) is 8.39. The predicted molar refractivity (Wildman–Crippen MR) is 147 cm³/mol. The van der Waals surface area contributed by atoms with E-state index in [0.717, 1.165) is 16.3 Å². The largest absolute Gasteiger partial charge is 0.357 e. The number of amides is 2. The van der Waals surface area contributed by atoms with Crippen molar-refractivity contribution in [1.29, 1.82) is 0 Å². The van der Waals surface area contributed by atoms with Crippen molar-refractivity contribution >= 4 is 50.7 Å². The first-order valence-corrected chi connectivity index (χ1v) is 13.9. The number of sulfonamides is 1. The standard InChI is InChI=1S/C27H29Cl2N3O4S/c1-4-20-10-14-23(15-11-20)32(37(35,36)24-8-6-5-7-9-24)18-26(33)31(19(2)27(34)30-3)17-21-12-13-22(28)16-25(21)29/h5-16,19H,4,17-18H2,1-3H3,(H,30,34)/t19-/m0/s1. The fourth-order valence-corrected chi connectivity index (χ4v) is 5.67. The van der Waals surface area contributed by atoms with Crippen LogP contribution in [-0.4, -0.2) is 44.8 Å². The summed E-state index contributed by atoms with van der Waals surface area (Å²) in [4.78, 5) is 27.6. The average molecular weight is 563 g/mol. The zero-order chi connectivity index (χ0) is 27.2. The van der Waals surface area contributed by atoms with E-state index in [1.807, 2.05) is 19.1 Å². The third-order valence-corrected chi connectivity index (χ3v) is 8.39. The highest BCUT2D eigenvalue weighted by molar-refractivity contribution is 7.92. The number of carbonyl (C=O) groups excluding carboxylic acids is 2. The van der Waals surface area contributed by atoms with Gasteiger partial charge in [0.15, 0.2) is 0 Å². The van der Waals surface area contributed by atoms with Crippen molar-refractivity contribution in [2.75, 3.05) is 17.9 Å². The number of hydrogen-bond donors (Lipinski definition) is 1. The first-order valence-electron chi connectivity index (χ1n) is 11.7. The summed E-state index contributed by atoms with van der Waals surface area (Å²) in [5, 5.41) is 3.31. The molecule has 0 aliphatic carbocycles. The topological polar surface area (TPSA) is 86.8 Å². The van der Waals surface area contributed by atoms with Crippen LogP contribution in [-0.2, 0) is 32.6 Å². The van der Waals surface area contributed by atoms with Crippen LogP contribution in [0.4, 0.5) is 5.69 Å². The van der Waals surface area contributed by atoms with E-state index in [-0.39, 0.29) is 11.4 Å². The summed E-state index contributed by atoms with van der Waals surface area (Å²) in [6.45, 7) is 3.04. The maximum Gasteiger partial charge on any atom is 0.264 e. The molecule has 3 aromatic rings. The average Bonchev–Trinajstić information content (AvgIpc) is 2.90. The molecule has 3 rings (SSSR count). The zero-order valence-electron chi connectivity index (χ0n) is 20.8. The minimum Gasteiger partial charge on any atom is -0.357 e. The Morgan fingerprint density at radius 2 is 1.62 bits per heavy atom. The van der Waals surface area contributed by atoms with Crippen molar-refractivity contribution in [3.05, 3.63) is 94.0 Å². The molecule has 0 spiro atoms. The molecule has 1 N–H and O–H groups in total. The molecule has 3 aromatic carbocycles. The van der Waals surface area contributed by atoms with Gasteiger partial charge in [0.2, 0.25) is 11.8 Å². The highest BCUT2D eigenvalue weighted by Crippen LogP contribution is 2.26. The number of nitrogens with zero attached hydrogens (tertiary/aromatic N) is 2. The lowest BCUT2D eigenvalue weighted by molar-refractivity contribution is -0.139. The molecule has 0 radical (unpaired) electrons. The number of rotatable bonds is 10. The molecule has 2 amide bonds. The van der Waals surface area contributed by atoms with E-state index < -0.39 is 34.4 Å². The molecule has 0 aromatic heterocycles. The molecular weight excluding hydrogens is 533 g/mol. The van der Waals surface area contributed by atoms with E-state index in [0.29, 0.717) is 21.3 Å². The minimum atomic E-state index is -4.10. The van der Waals surface area contributed by atoms with E-state index >= 15 is 0 Å². The van der Waals surface area contributed by atoms with Gasteiger partial charge in [-0.2, -0.15) is 0 Å². The third kappa shape index (κ3) is 6.83. The van der Waals surface area contributed by atoms with Gasteiger partial charge >= 0.3 is 0 Å². The molecule has 7 nitrogen and oxygen atoms in total. The summed E-state index contributed by atoms with van der Waals surface area (Å²) in [5.74, 6) is -0.968. The van der Waals surface area contributed by atoms with Crippen LogP contribution in [0.25, 0.3) is 0 Å². The number of anilines is 1. The molecule has 0 aliphatic rings. The Hall–Kier alpha value is -3.07. The molecule has 0 unspecified atom stereocenters. The SMILES string of the molecule is CCc1ccc(N(CC(=O)N(Cc2ccc(Cl)cc2Cl)[C@@H](C)C(=O)NC)S(=O)(=O)c2ccccc2)cc1. The van der Waals surface area contributed by atoms with Crippen molar-refractivity contribution < 1.29 is 18.0 Å². The molecule has 10 heteroatoms. The summed E-state index contributed by atoms with van der Waals surface area (Å²) in [5.41, 5.74) is 1.94. The number of halogens is 2. The van der Waals surface area contributed by atoms with Gasteiger partial charge in [-0.3, -0.25) is 13.9 Å². The molecule has 0 saturated heterocycles. The fourth-order valence-electron chi connectivity index (χ4n) is 3.77. The second kappa shape index (κ2) is 12.4. The lowest BCUT2D eigenvalue weighted by Crippen LogP contribution is -2.50. The number of benzene rings is 3. The Labute approximate surface area is 228 Å². The van der Waals surface area contributed by atoms with E-state index in [9.17, 15) is 18.0 Å². The lowest BCUT2D eigenvalue weighted by Gasteiger charge is -2.32. The highest BCUT2D eigenvalue weighted by Gasteiger charge is 2.32. The Balaban J connectivity index is 2.04. The second-order valence-corrected chi connectivity index (χ2v) is 11.1. The quantitative estimate of drug-likeness (QED) is 0.380. The molecule has 0 aliphatic heterocycles. The van der Waals surface area contributed by atoms with Crippen molar-refractivity contribution in [3.63, 3.8) is 0 Å². The molecule has 37 heavy (non-hydrogen) atoms. The monoisotopic (exact) mass is 561 g/mol. The van der Waals surface area contributed by atoms with Crippen LogP contribution >= 0.6 is 23.2 Å². The highest BCUT2D eigenvalue weighted by atomic mass is 35.5. The van der Waals surface area contributed by atoms with Crippen LogP contribution in [0.3, 0.4) is 0 Å². The van der Waals surface area contributed by atoms with Crippen molar-refractivity contribution in [2.45, 2.75) is 37.8 Å². The van der Waals surface area contributed by atoms with Gasteiger partial charge < -0.3 is 10.2 Å². The van der Waals surface area contributed by atoms with Gasteiger partial charge in [0.1, 0.15) is 12.6 Å². The molecule has 0 bridgehead atoms. The number of carbonyl (C=O) groups is 2. The molecule has 0 fully saturated rings. The Morgan fingerprint density at radius 3 is 2.19 bits per heavy atom. The van der Waals surface area contributed by atoms with Gasteiger partial charge in [0, 0.05) is 23.6 Å². The van der Waals surface area contributed by atoms with Crippen LogP contribution in [0, 0.1) is 0 Å². The molecule has 1 atom stereocenters. The maximum absolute atomic E-state index is 13.7. The van der Waals surface area contributed by atoms with Gasteiger partial charge in [-0.15, -0.1) is 0 Å². The summed E-state index contributed by atoms with van der Waals surface area (Å²) < 4.78 is 28.5. The number of aryl methyl sites for hydroxylation is 1. The Morgan fingerprint density at radius 1 is 0.973 bits per heavy atom. The zero-order valence-corrected chi connectivity index (χ0v) is 23.1. The molecule has 196 valence electrons. The summed E-state index contributed by atoms with van der Waals surface area (Å²) in [6.07, 6.45) is 0.782. The Bertz CT molecular complexity index is 1350.